The Morgan fingerprint density at radius 1 is 0.895 bits per heavy atom. The van der Waals surface area contributed by atoms with E-state index in [0.29, 0.717) is 11.1 Å². The van der Waals surface area contributed by atoms with Crippen molar-refractivity contribution >= 4 is 27.8 Å². The maximum absolute atomic E-state index is 13.5. The van der Waals surface area contributed by atoms with Crippen molar-refractivity contribution in [3.63, 3.8) is 0 Å². The number of aryl methyl sites for hydroxylation is 1. The SMILES string of the molecule is Cc1ccc2cc([C@H]3CC(=O)Oc4cc(O)c5c(=O)c(C)c(-c6ccc(O)c(O)c6)oc5c43)c(=O)[nH]c2c1. The van der Waals surface area contributed by atoms with Crippen LogP contribution in [0.2, 0.25) is 0 Å². The number of aromatic nitrogens is 1. The predicted molar refractivity (Wildman–Crippen MR) is 139 cm³/mol. The molecule has 1 aliphatic rings. The van der Waals surface area contributed by atoms with Crippen LogP contribution in [0.3, 0.4) is 0 Å². The smallest absolute Gasteiger partial charge is 0.312 e. The number of nitrogens with one attached hydrogen (secondary N) is 1. The third-order valence-corrected chi connectivity index (χ3v) is 6.96. The largest absolute Gasteiger partial charge is 0.507 e. The van der Waals surface area contributed by atoms with Crippen molar-refractivity contribution in [3.8, 4) is 34.3 Å². The average molecular weight is 511 g/mol. The van der Waals surface area contributed by atoms with Gasteiger partial charge in [-0.2, -0.15) is 0 Å². The van der Waals surface area contributed by atoms with E-state index in [4.69, 9.17) is 9.15 Å². The molecule has 0 spiro atoms. The molecule has 5 aromatic rings. The van der Waals surface area contributed by atoms with Gasteiger partial charge in [0, 0.05) is 39.8 Å². The van der Waals surface area contributed by atoms with Crippen LogP contribution < -0.4 is 15.7 Å². The van der Waals surface area contributed by atoms with Crippen molar-refractivity contribution in [2.45, 2.75) is 26.2 Å². The van der Waals surface area contributed by atoms with Crippen molar-refractivity contribution in [2.24, 2.45) is 0 Å². The molecule has 0 bridgehead atoms. The Hall–Kier alpha value is -5.05. The van der Waals surface area contributed by atoms with Crippen molar-refractivity contribution in [2.75, 3.05) is 0 Å². The Bertz CT molecular complexity index is 1950. The monoisotopic (exact) mass is 511 g/mol. The van der Waals surface area contributed by atoms with Crippen molar-refractivity contribution in [1.82, 2.24) is 4.98 Å². The van der Waals surface area contributed by atoms with Gasteiger partial charge in [0.25, 0.3) is 5.56 Å². The van der Waals surface area contributed by atoms with Crippen molar-refractivity contribution < 1.29 is 29.3 Å². The molecule has 0 aliphatic carbocycles. The maximum Gasteiger partial charge on any atom is 0.312 e. The van der Waals surface area contributed by atoms with Crippen LogP contribution in [0.15, 0.2) is 62.5 Å². The highest BCUT2D eigenvalue weighted by atomic mass is 16.5. The Morgan fingerprint density at radius 3 is 2.45 bits per heavy atom. The van der Waals surface area contributed by atoms with Crippen LogP contribution in [0.25, 0.3) is 33.2 Å². The van der Waals surface area contributed by atoms with Gasteiger partial charge < -0.3 is 29.5 Å². The Balaban J connectivity index is 1.68. The number of pyridine rings is 1. The molecule has 0 unspecified atom stereocenters. The van der Waals surface area contributed by atoms with Crippen molar-refractivity contribution in [3.05, 3.63) is 91.4 Å². The molecule has 9 heteroatoms. The fourth-order valence-corrected chi connectivity index (χ4v) is 5.08. The number of hydrogen-bond donors (Lipinski definition) is 4. The standard InChI is InChI=1S/C29H21NO8/c1-12-3-4-14-8-17(29(36)30-18(14)7-12)16-10-23(34)37-22-11-21(33)25-26(35)13(2)27(38-28(25)24(16)22)15-5-6-19(31)20(32)9-15/h3-9,11,16,31-33H,10H2,1-2H3,(H,30,36)/t16-/m1/s1. The molecular weight excluding hydrogens is 490 g/mol. The van der Waals surface area contributed by atoms with Gasteiger partial charge in [0.1, 0.15) is 28.2 Å². The molecule has 3 aromatic carbocycles. The number of esters is 1. The minimum Gasteiger partial charge on any atom is -0.507 e. The number of rotatable bonds is 2. The Morgan fingerprint density at radius 2 is 1.68 bits per heavy atom. The summed E-state index contributed by atoms with van der Waals surface area (Å²) < 4.78 is 11.6. The van der Waals surface area contributed by atoms with E-state index in [1.807, 2.05) is 25.1 Å². The molecule has 2 aromatic heterocycles. The number of H-pyrrole nitrogens is 1. The first-order valence-electron chi connectivity index (χ1n) is 11.8. The highest BCUT2D eigenvalue weighted by Crippen LogP contribution is 2.46. The van der Waals surface area contributed by atoms with Gasteiger partial charge >= 0.3 is 5.97 Å². The van der Waals surface area contributed by atoms with Crippen molar-refractivity contribution in [1.29, 1.82) is 0 Å². The Labute approximate surface area is 214 Å². The highest BCUT2D eigenvalue weighted by molar-refractivity contribution is 5.94. The second kappa shape index (κ2) is 8.24. The lowest BCUT2D eigenvalue weighted by Crippen LogP contribution is -2.26. The number of carbonyl (C=O) groups is 1. The number of phenolic OH excluding ortho intramolecular Hbond substituents is 3. The number of aromatic hydroxyl groups is 3. The maximum atomic E-state index is 13.5. The summed E-state index contributed by atoms with van der Waals surface area (Å²) in [5, 5.41) is 31.1. The van der Waals surface area contributed by atoms with Crippen LogP contribution in [0.4, 0.5) is 0 Å². The zero-order valence-corrected chi connectivity index (χ0v) is 20.3. The highest BCUT2D eigenvalue weighted by Gasteiger charge is 2.35. The van der Waals surface area contributed by atoms with Gasteiger partial charge in [0.15, 0.2) is 16.9 Å². The van der Waals surface area contributed by atoms with Gasteiger partial charge in [-0.15, -0.1) is 0 Å². The third-order valence-electron chi connectivity index (χ3n) is 6.96. The number of fused-ring (bicyclic) bond motifs is 4. The molecule has 0 radical (unpaired) electrons. The van der Waals surface area contributed by atoms with E-state index in [9.17, 15) is 29.7 Å². The van der Waals surface area contributed by atoms with Crippen LogP contribution >= 0.6 is 0 Å². The lowest BCUT2D eigenvalue weighted by atomic mass is 9.85. The fourth-order valence-electron chi connectivity index (χ4n) is 5.08. The van der Waals surface area contributed by atoms with E-state index < -0.39 is 34.4 Å². The lowest BCUT2D eigenvalue weighted by Gasteiger charge is -2.26. The number of aromatic amines is 1. The molecule has 3 heterocycles. The van der Waals surface area contributed by atoms with Gasteiger partial charge in [-0.05, 0) is 55.1 Å². The van der Waals surface area contributed by atoms with Gasteiger partial charge in [-0.25, -0.2) is 0 Å². The minimum absolute atomic E-state index is 0.0221. The van der Waals surface area contributed by atoms with Crippen LogP contribution in [0.5, 0.6) is 23.0 Å². The Kier molecular flexibility index (Phi) is 5.06. The molecule has 9 nitrogen and oxygen atoms in total. The molecule has 38 heavy (non-hydrogen) atoms. The second-order valence-electron chi connectivity index (χ2n) is 9.48. The quantitative estimate of drug-likeness (QED) is 0.154. The van der Waals surface area contributed by atoms with Gasteiger partial charge in [0.2, 0.25) is 0 Å². The molecule has 0 saturated carbocycles. The van der Waals surface area contributed by atoms with E-state index in [-0.39, 0.29) is 51.3 Å². The summed E-state index contributed by atoms with van der Waals surface area (Å²) in [6.07, 6.45) is -0.194. The fraction of sp³-hybridized carbons (Fsp3) is 0.138. The lowest BCUT2D eigenvalue weighted by molar-refractivity contribution is -0.135. The molecule has 0 fully saturated rings. The second-order valence-corrected chi connectivity index (χ2v) is 9.48. The molecule has 4 N–H and O–H groups in total. The minimum atomic E-state index is -0.837. The first kappa shape index (κ1) is 23.4. The summed E-state index contributed by atoms with van der Waals surface area (Å²) in [4.78, 5) is 42.2. The van der Waals surface area contributed by atoms with Gasteiger partial charge in [-0.3, -0.25) is 14.4 Å². The number of ether oxygens (including phenoxy) is 1. The van der Waals surface area contributed by atoms with Gasteiger partial charge in [0.05, 0.1) is 6.42 Å². The normalized spacial score (nSPS) is 15.0. The number of hydrogen-bond acceptors (Lipinski definition) is 8. The zero-order chi connectivity index (χ0) is 26.9. The van der Waals surface area contributed by atoms with E-state index >= 15 is 0 Å². The summed E-state index contributed by atoms with van der Waals surface area (Å²) in [6, 6.07) is 12.5. The topological polar surface area (TPSA) is 150 Å². The third kappa shape index (κ3) is 3.51. The van der Waals surface area contributed by atoms with Gasteiger partial charge in [-0.1, -0.05) is 12.1 Å². The number of phenols is 3. The average Bonchev–Trinajstić information content (AvgIpc) is 2.86. The molecule has 6 rings (SSSR count). The number of carbonyl (C=O) groups excluding carboxylic acids is 1. The van der Waals surface area contributed by atoms with Crippen LogP contribution in [0, 0.1) is 13.8 Å². The first-order valence-corrected chi connectivity index (χ1v) is 11.8. The van der Waals surface area contributed by atoms with E-state index in [1.54, 1.807) is 6.07 Å². The van der Waals surface area contributed by atoms with Crippen LogP contribution in [-0.4, -0.2) is 26.3 Å². The summed E-state index contributed by atoms with van der Waals surface area (Å²) in [7, 11) is 0. The zero-order valence-electron chi connectivity index (χ0n) is 20.3. The van der Waals surface area contributed by atoms with E-state index in [2.05, 4.69) is 4.98 Å². The summed E-state index contributed by atoms with van der Waals surface area (Å²) >= 11 is 0. The molecule has 0 saturated heterocycles. The summed E-state index contributed by atoms with van der Waals surface area (Å²) in [5.74, 6) is -2.57. The van der Waals surface area contributed by atoms with Crippen LogP contribution in [-0.2, 0) is 4.79 Å². The molecule has 1 atom stereocenters. The van der Waals surface area contributed by atoms with E-state index in [1.165, 1.54) is 31.2 Å². The summed E-state index contributed by atoms with van der Waals surface area (Å²) in [5.41, 5.74) is 1.63. The molecular formula is C29H21NO8. The summed E-state index contributed by atoms with van der Waals surface area (Å²) in [6.45, 7) is 3.42. The van der Waals surface area contributed by atoms with E-state index in [0.717, 1.165) is 10.9 Å². The first-order chi connectivity index (χ1) is 18.1. The number of benzene rings is 3. The van der Waals surface area contributed by atoms with Crippen LogP contribution in [0.1, 0.15) is 34.6 Å². The molecule has 190 valence electrons. The predicted octanol–water partition coefficient (Wildman–Crippen LogP) is 4.48. The molecule has 0 amide bonds. The molecule has 1 aliphatic heterocycles.